The van der Waals surface area contributed by atoms with Gasteiger partial charge in [0.25, 0.3) is 0 Å². The largest absolute Gasteiger partial charge is 0.496 e. The predicted molar refractivity (Wildman–Crippen MR) is 103 cm³/mol. The number of carbonyl (C=O) groups is 1. The third-order valence-corrected chi connectivity index (χ3v) is 4.57. The van der Waals surface area contributed by atoms with Gasteiger partial charge in [-0.15, -0.1) is 11.8 Å². The molecule has 2 aromatic rings. The molecule has 0 atom stereocenters. The monoisotopic (exact) mass is 392 g/mol. The second-order valence-electron chi connectivity index (χ2n) is 5.23. The third kappa shape index (κ3) is 5.92. The number of hydrogen-bond donors (Lipinski definition) is 0. The van der Waals surface area contributed by atoms with Crippen molar-refractivity contribution in [2.45, 2.75) is 4.90 Å². The molecule has 0 fully saturated rings. The molecule has 7 heteroatoms. The normalized spacial score (nSPS) is 10.7. The SMILES string of the molecule is COc1cc(OC)c(OC)cc1/C=C/C(=O)OCCSc1ccccc1F. The highest BCUT2D eigenvalue weighted by molar-refractivity contribution is 7.99. The van der Waals surface area contributed by atoms with Crippen LogP contribution in [0.5, 0.6) is 17.2 Å². The number of benzene rings is 2. The molecule has 0 radical (unpaired) electrons. The van der Waals surface area contributed by atoms with Crippen LogP contribution < -0.4 is 14.2 Å². The van der Waals surface area contributed by atoms with Gasteiger partial charge in [0.05, 0.1) is 21.3 Å². The predicted octanol–water partition coefficient (Wildman–Crippen LogP) is 4.20. The van der Waals surface area contributed by atoms with E-state index >= 15 is 0 Å². The van der Waals surface area contributed by atoms with Crippen molar-refractivity contribution in [3.05, 3.63) is 53.9 Å². The number of ether oxygens (including phenoxy) is 4. The van der Waals surface area contributed by atoms with Gasteiger partial charge in [0, 0.05) is 28.4 Å². The van der Waals surface area contributed by atoms with Crippen LogP contribution in [0.25, 0.3) is 6.08 Å². The van der Waals surface area contributed by atoms with Crippen molar-refractivity contribution in [1.82, 2.24) is 0 Å². The van der Waals surface area contributed by atoms with Crippen molar-refractivity contribution in [3.63, 3.8) is 0 Å². The summed E-state index contributed by atoms with van der Waals surface area (Å²) in [6.45, 7) is 0.172. The molecular weight excluding hydrogens is 371 g/mol. The molecule has 0 heterocycles. The molecule has 5 nitrogen and oxygen atoms in total. The summed E-state index contributed by atoms with van der Waals surface area (Å²) in [5.41, 5.74) is 0.646. The molecule has 0 saturated carbocycles. The van der Waals surface area contributed by atoms with Crippen LogP contribution in [-0.4, -0.2) is 39.7 Å². The zero-order valence-electron chi connectivity index (χ0n) is 15.4. The van der Waals surface area contributed by atoms with Crippen LogP contribution in [0.1, 0.15) is 5.56 Å². The maximum atomic E-state index is 13.5. The maximum absolute atomic E-state index is 13.5. The van der Waals surface area contributed by atoms with E-state index in [1.54, 1.807) is 36.4 Å². The van der Waals surface area contributed by atoms with Crippen LogP contribution in [0.2, 0.25) is 0 Å². The van der Waals surface area contributed by atoms with E-state index in [9.17, 15) is 9.18 Å². The van der Waals surface area contributed by atoms with Crippen molar-refractivity contribution in [1.29, 1.82) is 0 Å². The number of halogens is 1. The van der Waals surface area contributed by atoms with Crippen LogP contribution in [0.15, 0.2) is 47.4 Å². The summed E-state index contributed by atoms with van der Waals surface area (Å²) in [4.78, 5) is 12.4. The van der Waals surface area contributed by atoms with Crippen LogP contribution in [0.3, 0.4) is 0 Å². The van der Waals surface area contributed by atoms with Gasteiger partial charge in [-0.25, -0.2) is 9.18 Å². The van der Waals surface area contributed by atoms with E-state index in [0.29, 0.717) is 33.5 Å². The van der Waals surface area contributed by atoms with Gasteiger partial charge in [0.2, 0.25) is 0 Å². The van der Waals surface area contributed by atoms with E-state index in [1.165, 1.54) is 45.2 Å². The Morgan fingerprint density at radius 3 is 2.37 bits per heavy atom. The number of thioether (sulfide) groups is 1. The highest BCUT2D eigenvalue weighted by atomic mass is 32.2. The molecule has 0 aliphatic heterocycles. The summed E-state index contributed by atoms with van der Waals surface area (Å²) in [5.74, 6) is 1.26. The zero-order valence-corrected chi connectivity index (χ0v) is 16.2. The van der Waals surface area contributed by atoms with Crippen LogP contribution in [0.4, 0.5) is 4.39 Å². The Labute approximate surface area is 162 Å². The summed E-state index contributed by atoms with van der Waals surface area (Å²) in [5, 5.41) is 0. The molecular formula is C20H21FO5S. The Morgan fingerprint density at radius 2 is 1.70 bits per heavy atom. The highest BCUT2D eigenvalue weighted by Gasteiger charge is 2.10. The van der Waals surface area contributed by atoms with Gasteiger partial charge in [-0.3, -0.25) is 0 Å². The first-order valence-corrected chi connectivity index (χ1v) is 9.09. The summed E-state index contributed by atoms with van der Waals surface area (Å²) in [7, 11) is 4.58. The lowest BCUT2D eigenvalue weighted by Gasteiger charge is -2.12. The van der Waals surface area contributed by atoms with Crippen molar-refractivity contribution in [2.24, 2.45) is 0 Å². The van der Waals surface area contributed by atoms with Gasteiger partial charge >= 0.3 is 5.97 Å². The zero-order chi connectivity index (χ0) is 19.6. The lowest BCUT2D eigenvalue weighted by atomic mass is 10.1. The van der Waals surface area contributed by atoms with Crippen molar-refractivity contribution >= 4 is 23.8 Å². The second-order valence-corrected chi connectivity index (χ2v) is 6.37. The molecule has 2 aromatic carbocycles. The van der Waals surface area contributed by atoms with E-state index in [1.807, 2.05) is 0 Å². The molecule has 0 spiro atoms. The van der Waals surface area contributed by atoms with E-state index < -0.39 is 5.97 Å². The first kappa shape index (κ1) is 20.6. The fourth-order valence-electron chi connectivity index (χ4n) is 2.24. The van der Waals surface area contributed by atoms with Gasteiger partial charge in [0.1, 0.15) is 18.2 Å². The molecule has 2 rings (SSSR count). The quantitative estimate of drug-likeness (QED) is 0.276. The van der Waals surface area contributed by atoms with Crippen LogP contribution >= 0.6 is 11.8 Å². The minimum absolute atomic E-state index is 0.172. The number of methoxy groups -OCH3 is 3. The van der Waals surface area contributed by atoms with E-state index in [-0.39, 0.29) is 12.4 Å². The van der Waals surface area contributed by atoms with Gasteiger partial charge < -0.3 is 18.9 Å². The molecule has 0 saturated heterocycles. The standard InChI is InChI=1S/C20H21FO5S/c1-23-16-13-18(25-3)17(24-2)12-14(16)8-9-20(22)26-10-11-27-19-7-5-4-6-15(19)21/h4-9,12-13H,10-11H2,1-3H3/b9-8+. The number of hydrogen-bond acceptors (Lipinski definition) is 6. The van der Waals surface area contributed by atoms with Crippen molar-refractivity contribution in [2.75, 3.05) is 33.7 Å². The average Bonchev–Trinajstić information content (AvgIpc) is 2.70. The Balaban J connectivity index is 1.91. The van der Waals surface area contributed by atoms with Gasteiger partial charge in [-0.05, 0) is 24.3 Å². The molecule has 0 aliphatic rings. The maximum Gasteiger partial charge on any atom is 0.330 e. The minimum Gasteiger partial charge on any atom is -0.496 e. The Bertz CT molecular complexity index is 807. The van der Waals surface area contributed by atoms with E-state index in [0.717, 1.165) is 0 Å². The smallest absolute Gasteiger partial charge is 0.330 e. The van der Waals surface area contributed by atoms with E-state index in [4.69, 9.17) is 18.9 Å². The summed E-state index contributed by atoms with van der Waals surface area (Å²) in [6, 6.07) is 9.85. The fourth-order valence-corrected chi connectivity index (χ4v) is 3.01. The van der Waals surface area contributed by atoms with Crippen molar-refractivity contribution < 1.29 is 28.1 Å². The summed E-state index contributed by atoms with van der Waals surface area (Å²) >= 11 is 1.29. The van der Waals surface area contributed by atoms with E-state index in [2.05, 4.69) is 0 Å². The molecule has 0 amide bonds. The van der Waals surface area contributed by atoms with Crippen LogP contribution in [-0.2, 0) is 9.53 Å². The second kappa shape index (κ2) is 10.5. The number of carbonyl (C=O) groups excluding carboxylic acids is 1. The van der Waals surface area contributed by atoms with Gasteiger partial charge in [-0.1, -0.05) is 12.1 Å². The molecule has 0 unspecified atom stereocenters. The molecule has 0 bridgehead atoms. The summed E-state index contributed by atoms with van der Waals surface area (Å²) < 4.78 is 34.4. The minimum atomic E-state index is -0.499. The first-order chi connectivity index (χ1) is 13.1. The average molecular weight is 392 g/mol. The summed E-state index contributed by atoms with van der Waals surface area (Å²) in [6.07, 6.45) is 2.88. The van der Waals surface area contributed by atoms with Crippen molar-refractivity contribution in [3.8, 4) is 17.2 Å². The Hall–Kier alpha value is -2.67. The molecule has 27 heavy (non-hydrogen) atoms. The fraction of sp³-hybridized carbons (Fsp3) is 0.250. The first-order valence-electron chi connectivity index (χ1n) is 8.11. The molecule has 0 aromatic heterocycles. The van der Waals surface area contributed by atoms with Gasteiger partial charge in [-0.2, -0.15) is 0 Å². The number of esters is 1. The Kier molecular flexibility index (Phi) is 8.00. The lowest BCUT2D eigenvalue weighted by Crippen LogP contribution is -2.04. The van der Waals surface area contributed by atoms with Gasteiger partial charge in [0.15, 0.2) is 11.5 Å². The van der Waals surface area contributed by atoms with Crippen LogP contribution in [0, 0.1) is 5.82 Å². The number of rotatable bonds is 9. The molecule has 0 N–H and O–H groups in total. The molecule has 144 valence electrons. The Morgan fingerprint density at radius 1 is 1.04 bits per heavy atom. The highest BCUT2D eigenvalue weighted by Crippen LogP contribution is 2.35. The molecule has 0 aliphatic carbocycles. The third-order valence-electron chi connectivity index (χ3n) is 3.56. The lowest BCUT2D eigenvalue weighted by molar-refractivity contribution is -0.137. The topological polar surface area (TPSA) is 54.0 Å².